The average Bonchev–Trinajstić information content (AvgIpc) is 2.62. The first-order valence-corrected chi connectivity index (χ1v) is 8.78. The molecule has 0 bridgehead atoms. The van der Waals surface area contributed by atoms with E-state index in [0.29, 0.717) is 18.8 Å². The molecule has 5 heteroatoms. The third-order valence-corrected chi connectivity index (χ3v) is 4.31. The number of methoxy groups -OCH3 is 1. The van der Waals surface area contributed by atoms with Gasteiger partial charge in [-0.3, -0.25) is 4.79 Å². The van der Waals surface area contributed by atoms with Gasteiger partial charge in [0.1, 0.15) is 11.9 Å². The molecule has 1 saturated carbocycles. The molecule has 1 aromatic carbocycles. The molecule has 0 amide bonds. The Morgan fingerprint density at radius 1 is 1.17 bits per heavy atom. The lowest BCUT2D eigenvalue weighted by Gasteiger charge is -2.31. The highest BCUT2D eigenvalue weighted by Crippen LogP contribution is 2.36. The minimum absolute atomic E-state index is 0.0203. The maximum atomic E-state index is 11.7. The van der Waals surface area contributed by atoms with Crippen LogP contribution in [0.4, 0.5) is 0 Å². The summed E-state index contributed by atoms with van der Waals surface area (Å²) in [5.41, 5.74) is 1.18. The molecule has 1 fully saturated rings. The van der Waals surface area contributed by atoms with Crippen LogP contribution >= 0.6 is 0 Å². The van der Waals surface area contributed by atoms with E-state index in [2.05, 4.69) is 0 Å². The summed E-state index contributed by atoms with van der Waals surface area (Å²) in [5, 5.41) is 0. The molecule has 2 rings (SSSR count). The smallest absolute Gasteiger partial charge is 0.315 e. The normalized spacial score (nSPS) is 22.0. The summed E-state index contributed by atoms with van der Waals surface area (Å²) in [6.07, 6.45) is 4.66. The zero-order chi connectivity index (χ0) is 17.4. The van der Waals surface area contributed by atoms with Gasteiger partial charge in [-0.2, -0.15) is 0 Å². The Labute approximate surface area is 144 Å². The summed E-state index contributed by atoms with van der Waals surface area (Å²) in [5.74, 6) is 0.830. The summed E-state index contributed by atoms with van der Waals surface area (Å²) >= 11 is 0. The highest BCUT2D eigenvalue weighted by atomic mass is 16.8. The molecule has 1 aliphatic carbocycles. The number of benzene rings is 1. The van der Waals surface area contributed by atoms with E-state index in [1.54, 1.807) is 7.11 Å². The van der Waals surface area contributed by atoms with Crippen molar-refractivity contribution >= 4 is 5.97 Å². The molecular weight excluding hydrogens is 308 g/mol. The Morgan fingerprint density at radius 2 is 1.88 bits per heavy atom. The predicted octanol–water partition coefficient (Wildman–Crippen LogP) is 4.01. The first-order valence-electron chi connectivity index (χ1n) is 8.78. The van der Waals surface area contributed by atoms with Gasteiger partial charge < -0.3 is 18.9 Å². The molecule has 0 heterocycles. The quantitative estimate of drug-likeness (QED) is 0.530. The van der Waals surface area contributed by atoms with Crippen molar-refractivity contribution < 1.29 is 23.7 Å². The minimum Gasteiger partial charge on any atom is -0.462 e. The largest absolute Gasteiger partial charge is 0.462 e. The van der Waals surface area contributed by atoms with Gasteiger partial charge in [-0.15, -0.1) is 0 Å². The summed E-state index contributed by atoms with van der Waals surface area (Å²) in [6, 6.07) is 7.90. The SMILES string of the molecule is CCOC(OC)Oc1ccc([C@H]2CCCC[C@@H]2OC(=O)CC)cc1. The van der Waals surface area contributed by atoms with E-state index in [0.717, 1.165) is 19.3 Å². The third kappa shape index (κ3) is 5.21. The molecule has 1 aromatic rings. The van der Waals surface area contributed by atoms with Gasteiger partial charge in [0.05, 0.1) is 6.61 Å². The van der Waals surface area contributed by atoms with Crippen molar-refractivity contribution in [3.05, 3.63) is 29.8 Å². The van der Waals surface area contributed by atoms with Gasteiger partial charge in [0.15, 0.2) is 0 Å². The molecule has 0 saturated heterocycles. The van der Waals surface area contributed by atoms with E-state index in [1.165, 1.54) is 12.0 Å². The highest BCUT2D eigenvalue weighted by molar-refractivity contribution is 5.69. The topological polar surface area (TPSA) is 54.0 Å². The van der Waals surface area contributed by atoms with Gasteiger partial charge in [0.2, 0.25) is 0 Å². The van der Waals surface area contributed by atoms with E-state index in [4.69, 9.17) is 18.9 Å². The Kier molecular flexibility index (Phi) is 7.53. The van der Waals surface area contributed by atoms with Gasteiger partial charge >= 0.3 is 12.4 Å². The molecule has 0 radical (unpaired) electrons. The lowest BCUT2D eigenvalue weighted by atomic mass is 9.81. The fourth-order valence-electron chi connectivity index (χ4n) is 3.06. The standard InChI is InChI=1S/C19H28O5/c1-4-18(20)24-17-9-7-6-8-16(17)14-10-12-15(13-11-14)23-19(21-3)22-5-2/h10-13,16-17,19H,4-9H2,1-3H3/t16-,17+,19?/m1/s1. The Bertz CT molecular complexity index is 499. The van der Waals surface area contributed by atoms with Crippen LogP contribution in [0.3, 0.4) is 0 Å². The van der Waals surface area contributed by atoms with Crippen LogP contribution in [-0.4, -0.2) is 32.3 Å². The average molecular weight is 336 g/mol. The van der Waals surface area contributed by atoms with Gasteiger partial charge in [-0.1, -0.05) is 25.5 Å². The van der Waals surface area contributed by atoms with E-state index in [-0.39, 0.29) is 18.0 Å². The molecular formula is C19H28O5. The van der Waals surface area contributed by atoms with E-state index in [1.807, 2.05) is 38.1 Å². The molecule has 5 nitrogen and oxygen atoms in total. The van der Waals surface area contributed by atoms with Gasteiger partial charge in [-0.05, 0) is 43.9 Å². The van der Waals surface area contributed by atoms with E-state index >= 15 is 0 Å². The van der Waals surface area contributed by atoms with Crippen LogP contribution < -0.4 is 4.74 Å². The van der Waals surface area contributed by atoms with Gasteiger partial charge in [-0.25, -0.2) is 0 Å². The molecule has 3 atom stereocenters. The second-order valence-electron chi connectivity index (χ2n) is 5.94. The van der Waals surface area contributed by atoms with Crippen LogP contribution in [0.25, 0.3) is 0 Å². The lowest BCUT2D eigenvalue weighted by Crippen LogP contribution is -2.28. The Hall–Kier alpha value is -1.59. The maximum Gasteiger partial charge on any atom is 0.315 e. The summed E-state index contributed by atoms with van der Waals surface area (Å²) in [4.78, 5) is 11.7. The van der Waals surface area contributed by atoms with Crippen molar-refractivity contribution in [1.29, 1.82) is 0 Å². The predicted molar refractivity (Wildman–Crippen MR) is 90.9 cm³/mol. The van der Waals surface area contributed by atoms with Crippen molar-refractivity contribution in [3.63, 3.8) is 0 Å². The second-order valence-corrected chi connectivity index (χ2v) is 5.94. The number of esters is 1. The molecule has 0 N–H and O–H groups in total. The molecule has 0 aliphatic heterocycles. The van der Waals surface area contributed by atoms with Crippen molar-refractivity contribution in [3.8, 4) is 5.75 Å². The molecule has 1 unspecified atom stereocenters. The fraction of sp³-hybridized carbons (Fsp3) is 0.632. The number of carbonyl (C=O) groups excluding carboxylic acids is 1. The zero-order valence-corrected chi connectivity index (χ0v) is 14.8. The van der Waals surface area contributed by atoms with E-state index in [9.17, 15) is 4.79 Å². The van der Waals surface area contributed by atoms with Gasteiger partial charge in [0.25, 0.3) is 0 Å². The number of rotatable bonds is 8. The molecule has 24 heavy (non-hydrogen) atoms. The van der Waals surface area contributed by atoms with Crippen molar-refractivity contribution in [1.82, 2.24) is 0 Å². The van der Waals surface area contributed by atoms with Crippen LogP contribution in [-0.2, 0) is 19.0 Å². The highest BCUT2D eigenvalue weighted by Gasteiger charge is 2.29. The van der Waals surface area contributed by atoms with Crippen LogP contribution in [0.15, 0.2) is 24.3 Å². The zero-order valence-electron chi connectivity index (χ0n) is 14.8. The van der Waals surface area contributed by atoms with Crippen molar-refractivity contribution in [2.45, 2.75) is 64.4 Å². The first kappa shape index (κ1) is 18.7. The fourth-order valence-corrected chi connectivity index (χ4v) is 3.06. The maximum absolute atomic E-state index is 11.7. The van der Waals surface area contributed by atoms with Crippen LogP contribution in [0.1, 0.15) is 57.4 Å². The molecule has 134 valence electrons. The second kappa shape index (κ2) is 9.64. The number of hydrogen-bond donors (Lipinski definition) is 0. The Balaban J connectivity index is 2.03. The summed E-state index contributed by atoms with van der Waals surface area (Å²) < 4.78 is 21.7. The Morgan fingerprint density at radius 3 is 2.50 bits per heavy atom. The van der Waals surface area contributed by atoms with Crippen LogP contribution in [0.5, 0.6) is 5.75 Å². The number of hydrogen-bond acceptors (Lipinski definition) is 5. The third-order valence-electron chi connectivity index (χ3n) is 4.31. The number of ether oxygens (including phenoxy) is 4. The summed E-state index contributed by atoms with van der Waals surface area (Å²) in [6.45, 7) is 3.54. The van der Waals surface area contributed by atoms with Gasteiger partial charge in [0, 0.05) is 19.4 Å². The molecule has 0 aromatic heterocycles. The first-order chi connectivity index (χ1) is 11.7. The van der Waals surface area contributed by atoms with Crippen LogP contribution in [0, 0.1) is 0 Å². The monoisotopic (exact) mass is 336 g/mol. The van der Waals surface area contributed by atoms with Crippen molar-refractivity contribution in [2.75, 3.05) is 13.7 Å². The molecule has 0 spiro atoms. The summed E-state index contributed by atoms with van der Waals surface area (Å²) in [7, 11) is 1.55. The lowest BCUT2D eigenvalue weighted by molar-refractivity contribution is -0.231. The van der Waals surface area contributed by atoms with E-state index < -0.39 is 6.48 Å². The molecule has 1 aliphatic rings. The number of carbonyl (C=O) groups is 1. The van der Waals surface area contributed by atoms with Crippen LogP contribution in [0.2, 0.25) is 0 Å². The van der Waals surface area contributed by atoms with Crippen molar-refractivity contribution in [2.24, 2.45) is 0 Å². The minimum atomic E-state index is -0.700.